The largest absolute Gasteiger partial charge is 0.504 e. The number of fused-ring (bicyclic) bond motifs is 2. The maximum Gasteiger partial charge on any atom is 0.280 e. The van der Waals surface area contributed by atoms with Gasteiger partial charge in [0, 0.05) is 35.3 Å². The molecule has 35 heavy (non-hydrogen) atoms. The van der Waals surface area contributed by atoms with Gasteiger partial charge in [0.1, 0.15) is 5.69 Å². The molecule has 3 aromatic rings. The Kier molecular flexibility index (Phi) is 6.62. The number of amides is 2. The summed E-state index contributed by atoms with van der Waals surface area (Å²) in [7, 11) is 3.71. The second-order valence-electron chi connectivity index (χ2n) is 9.56. The van der Waals surface area contributed by atoms with Gasteiger partial charge in [-0.2, -0.15) is 0 Å². The highest BCUT2D eigenvalue weighted by Gasteiger charge is 2.32. The van der Waals surface area contributed by atoms with E-state index in [1.165, 1.54) is 11.3 Å². The fraction of sp³-hybridized carbons (Fsp3) is 0.423. The van der Waals surface area contributed by atoms with Gasteiger partial charge in [-0.05, 0) is 57.0 Å². The summed E-state index contributed by atoms with van der Waals surface area (Å²) in [5.74, 6) is -0.355. The number of aromatic amines is 1. The lowest BCUT2D eigenvalue weighted by Crippen LogP contribution is -2.53. The minimum absolute atomic E-state index is 0.171. The number of likely N-dealkylation sites (N-methyl/N-ethyl adjacent to an activating group) is 1. The molecule has 3 heterocycles. The molecule has 2 amide bonds. The van der Waals surface area contributed by atoms with Gasteiger partial charge >= 0.3 is 0 Å². The first-order chi connectivity index (χ1) is 16.9. The minimum Gasteiger partial charge on any atom is -0.504 e. The molecule has 1 saturated carbocycles. The lowest BCUT2D eigenvalue weighted by atomic mass is 9.86. The second kappa shape index (κ2) is 9.83. The number of ether oxygens (including phenoxy) is 1. The molecule has 0 radical (unpaired) electrons. The summed E-state index contributed by atoms with van der Waals surface area (Å²) in [5, 5.41) is 7.81. The zero-order valence-electron chi connectivity index (χ0n) is 20.3. The molecule has 8 nitrogen and oxygen atoms in total. The molecule has 1 aliphatic carbocycles. The van der Waals surface area contributed by atoms with Gasteiger partial charge in [-0.25, -0.2) is 4.98 Å². The molecule has 3 N–H and O–H groups in total. The van der Waals surface area contributed by atoms with Crippen LogP contribution in [0.15, 0.2) is 36.1 Å². The average molecular weight is 494 g/mol. The van der Waals surface area contributed by atoms with E-state index in [4.69, 9.17) is 4.74 Å². The molecule has 0 spiro atoms. The van der Waals surface area contributed by atoms with E-state index in [-0.39, 0.29) is 23.9 Å². The van der Waals surface area contributed by atoms with E-state index in [1.807, 2.05) is 25.1 Å². The molecule has 9 heteroatoms. The zero-order chi connectivity index (χ0) is 24.5. The molecule has 1 fully saturated rings. The van der Waals surface area contributed by atoms with E-state index in [2.05, 4.69) is 38.6 Å². The predicted molar refractivity (Wildman–Crippen MR) is 137 cm³/mol. The smallest absolute Gasteiger partial charge is 0.280 e. The number of benzene rings is 1. The Morgan fingerprint density at radius 1 is 1.20 bits per heavy atom. The van der Waals surface area contributed by atoms with Crippen LogP contribution in [0.1, 0.15) is 55.7 Å². The molecule has 184 valence electrons. The van der Waals surface area contributed by atoms with Gasteiger partial charge in [-0.15, -0.1) is 11.3 Å². The maximum absolute atomic E-state index is 13.2. The Balaban J connectivity index is 1.32. The standard InChI is InChI=1S/C26H31N5O3S/c1-15-4-6-18-17(10-15)12-22(27-18)24(32)28-19-7-5-16(14-34-3)11-21(19)29-25(33)26-30-20-8-9-31(2)13-23(20)35-26/h4,6,10,12,14,19,21,27H,5,7-9,11,13H2,1-3H3,(H,28,32)(H,29,33)/b16-14+/t19-,21+/m0/s1. The third-order valence-electron chi connectivity index (χ3n) is 6.80. The van der Waals surface area contributed by atoms with Gasteiger partial charge in [0.2, 0.25) is 0 Å². The van der Waals surface area contributed by atoms with Crippen LogP contribution in [0.25, 0.3) is 10.9 Å². The van der Waals surface area contributed by atoms with E-state index in [9.17, 15) is 9.59 Å². The van der Waals surface area contributed by atoms with Crippen molar-refractivity contribution in [2.45, 2.75) is 51.2 Å². The highest BCUT2D eigenvalue weighted by molar-refractivity contribution is 7.13. The Labute approximate surface area is 208 Å². The van der Waals surface area contributed by atoms with Gasteiger partial charge in [0.25, 0.3) is 11.8 Å². The Hall–Kier alpha value is -3.17. The molecule has 2 aromatic heterocycles. The fourth-order valence-corrected chi connectivity index (χ4v) is 6.03. The number of rotatable bonds is 5. The summed E-state index contributed by atoms with van der Waals surface area (Å²) in [6, 6.07) is 7.48. The number of hydrogen-bond acceptors (Lipinski definition) is 6. The third-order valence-corrected chi connectivity index (χ3v) is 7.88. The van der Waals surface area contributed by atoms with Crippen LogP contribution in [0, 0.1) is 6.92 Å². The van der Waals surface area contributed by atoms with Gasteiger partial charge in [-0.1, -0.05) is 11.6 Å². The number of nitrogens with zero attached hydrogens (tertiary/aromatic N) is 2. The molecular formula is C26H31N5O3S. The van der Waals surface area contributed by atoms with E-state index >= 15 is 0 Å². The number of nitrogens with one attached hydrogen (secondary N) is 3. The summed E-state index contributed by atoms with van der Waals surface area (Å²) in [6.07, 6.45) is 4.74. The first-order valence-corrected chi connectivity index (χ1v) is 12.8. The van der Waals surface area contributed by atoms with Crippen LogP contribution in [0.5, 0.6) is 0 Å². The van der Waals surface area contributed by atoms with Crippen molar-refractivity contribution in [3.63, 3.8) is 0 Å². The van der Waals surface area contributed by atoms with Crippen molar-refractivity contribution in [3.05, 3.63) is 62.9 Å². The Morgan fingerprint density at radius 3 is 2.86 bits per heavy atom. The van der Waals surface area contributed by atoms with Crippen molar-refractivity contribution in [2.24, 2.45) is 0 Å². The van der Waals surface area contributed by atoms with E-state index < -0.39 is 0 Å². The molecule has 5 rings (SSSR count). The molecule has 0 unspecified atom stereocenters. The Morgan fingerprint density at radius 2 is 2.03 bits per heavy atom. The number of carbonyl (C=O) groups excluding carboxylic acids is 2. The zero-order valence-corrected chi connectivity index (χ0v) is 21.1. The Bertz CT molecular complexity index is 1290. The molecule has 2 aliphatic rings. The minimum atomic E-state index is -0.253. The highest BCUT2D eigenvalue weighted by atomic mass is 32.1. The van der Waals surface area contributed by atoms with Crippen LogP contribution in [0.3, 0.4) is 0 Å². The van der Waals surface area contributed by atoms with Crippen molar-refractivity contribution >= 4 is 34.1 Å². The first-order valence-electron chi connectivity index (χ1n) is 12.0. The quantitative estimate of drug-likeness (QED) is 0.472. The van der Waals surface area contributed by atoms with Gasteiger partial charge in [-0.3, -0.25) is 9.59 Å². The van der Waals surface area contributed by atoms with Gasteiger partial charge in [0.05, 0.1) is 31.1 Å². The highest BCUT2D eigenvalue weighted by Crippen LogP contribution is 2.27. The number of aromatic nitrogens is 2. The first kappa shape index (κ1) is 23.6. The average Bonchev–Trinajstić information content (AvgIpc) is 3.44. The van der Waals surface area contributed by atoms with Gasteiger partial charge in [0.15, 0.2) is 5.01 Å². The maximum atomic E-state index is 13.2. The van der Waals surface area contributed by atoms with Crippen LogP contribution < -0.4 is 10.6 Å². The van der Waals surface area contributed by atoms with Crippen molar-refractivity contribution in [1.29, 1.82) is 0 Å². The summed E-state index contributed by atoms with van der Waals surface area (Å²) in [4.78, 5) is 37.5. The molecule has 0 saturated heterocycles. The number of hydrogen-bond donors (Lipinski definition) is 3. The molecule has 0 bridgehead atoms. The lowest BCUT2D eigenvalue weighted by Gasteiger charge is -2.33. The lowest BCUT2D eigenvalue weighted by molar-refractivity contribution is 0.0869. The molecule has 1 aliphatic heterocycles. The summed E-state index contributed by atoms with van der Waals surface area (Å²) < 4.78 is 5.23. The number of H-pyrrole nitrogens is 1. The monoisotopic (exact) mass is 493 g/mol. The number of thiazole rings is 1. The molecule has 2 atom stereocenters. The molecular weight excluding hydrogens is 462 g/mol. The number of aryl methyl sites for hydroxylation is 1. The number of methoxy groups -OCH3 is 1. The second-order valence-corrected chi connectivity index (χ2v) is 10.6. The normalized spacial score (nSPS) is 21.6. The number of carbonyl (C=O) groups is 2. The van der Waals surface area contributed by atoms with E-state index in [1.54, 1.807) is 13.4 Å². The van der Waals surface area contributed by atoms with E-state index in [0.717, 1.165) is 58.5 Å². The van der Waals surface area contributed by atoms with E-state index in [0.29, 0.717) is 23.5 Å². The van der Waals surface area contributed by atoms with Crippen molar-refractivity contribution in [3.8, 4) is 0 Å². The van der Waals surface area contributed by atoms with Crippen molar-refractivity contribution < 1.29 is 14.3 Å². The summed E-state index contributed by atoms with van der Waals surface area (Å²) >= 11 is 1.47. The third kappa shape index (κ3) is 5.11. The van der Waals surface area contributed by atoms with Crippen molar-refractivity contribution in [1.82, 2.24) is 25.5 Å². The summed E-state index contributed by atoms with van der Waals surface area (Å²) in [6.45, 7) is 3.81. The summed E-state index contributed by atoms with van der Waals surface area (Å²) in [5.41, 5.74) is 4.74. The van der Waals surface area contributed by atoms with Crippen LogP contribution in [-0.2, 0) is 17.7 Å². The fourth-order valence-electron chi connectivity index (χ4n) is 4.94. The predicted octanol–water partition coefficient (Wildman–Crippen LogP) is 3.53. The van der Waals surface area contributed by atoms with Crippen LogP contribution in [0.2, 0.25) is 0 Å². The van der Waals surface area contributed by atoms with Crippen molar-refractivity contribution in [2.75, 3.05) is 20.7 Å². The van der Waals surface area contributed by atoms with Crippen LogP contribution in [0.4, 0.5) is 0 Å². The van der Waals surface area contributed by atoms with Crippen LogP contribution >= 0.6 is 11.3 Å². The molecule has 1 aromatic carbocycles. The SMILES string of the molecule is CO/C=C1\CC[C@H](NC(=O)c2cc3cc(C)ccc3[nH]2)[C@H](NC(=O)c2nc3c(s2)CN(C)CC3)C1. The van der Waals surface area contributed by atoms with Crippen LogP contribution in [-0.4, -0.2) is 59.5 Å². The topological polar surface area (TPSA) is 99.3 Å². The van der Waals surface area contributed by atoms with Gasteiger partial charge < -0.3 is 25.3 Å².